The number of ether oxygens (including phenoxy) is 1. The van der Waals surface area contributed by atoms with Gasteiger partial charge in [0.15, 0.2) is 0 Å². The zero-order valence-electron chi connectivity index (χ0n) is 7.55. The summed E-state index contributed by atoms with van der Waals surface area (Å²) in [6.07, 6.45) is 3.71. The fourth-order valence-electron chi connectivity index (χ4n) is 2.08. The number of anilines is 1. The Morgan fingerprint density at radius 2 is 2.08 bits per heavy atom. The van der Waals surface area contributed by atoms with Crippen LogP contribution in [0, 0.1) is 0 Å². The average Bonchev–Trinajstić information content (AvgIpc) is 2.15. The van der Waals surface area contributed by atoms with Gasteiger partial charge < -0.3 is 10.1 Å². The van der Waals surface area contributed by atoms with Crippen LogP contribution in [0.2, 0.25) is 0 Å². The van der Waals surface area contributed by atoms with Gasteiger partial charge in [0.25, 0.3) is 0 Å². The highest BCUT2D eigenvalue weighted by molar-refractivity contribution is 5.58. The van der Waals surface area contributed by atoms with Gasteiger partial charge in [0.1, 0.15) is 11.4 Å². The molecule has 0 bridgehead atoms. The zero-order valence-corrected chi connectivity index (χ0v) is 7.55. The number of para-hydroxylation sites is 2. The van der Waals surface area contributed by atoms with E-state index < -0.39 is 0 Å². The van der Waals surface area contributed by atoms with Gasteiger partial charge in [0.2, 0.25) is 0 Å². The molecule has 0 unspecified atom stereocenters. The minimum absolute atomic E-state index is 0.133. The molecule has 1 aromatic rings. The second-order valence-corrected chi connectivity index (χ2v) is 3.99. The van der Waals surface area contributed by atoms with Crippen LogP contribution in [0.1, 0.15) is 19.3 Å². The maximum Gasteiger partial charge on any atom is 0.143 e. The molecule has 2 aliphatic rings. The maximum atomic E-state index is 5.99. The van der Waals surface area contributed by atoms with Crippen molar-refractivity contribution in [1.29, 1.82) is 0 Å². The highest BCUT2D eigenvalue weighted by atomic mass is 16.5. The summed E-state index contributed by atoms with van der Waals surface area (Å²) in [4.78, 5) is 0. The number of rotatable bonds is 0. The lowest BCUT2D eigenvalue weighted by Gasteiger charge is -2.45. The minimum atomic E-state index is 0.133. The molecule has 1 aliphatic heterocycles. The Hall–Kier alpha value is -1.18. The molecule has 0 amide bonds. The van der Waals surface area contributed by atoms with Crippen LogP contribution in [0.5, 0.6) is 5.75 Å². The molecular formula is C11H13NO. The van der Waals surface area contributed by atoms with Crippen LogP contribution in [-0.4, -0.2) is 12.1 Å². The molecule has 0 atom stereocenters. The second kappa shape index (κ2) is 2.41. The molecule has 1 aliphatic carbocycles. The Labute approximate surface area is 77.9 Å². The summed E-state index contributed by atoms with van der Waals surface area (Å²) in [6, 6.07) is 8.18. The Kier molecular flexibility index (Phi) is 1.34. The van der Waals surface area contributed by atoms with Gasteiger partial charge in [0.05, 0.1) is 12.2 Å². The van der Waals surface area contributed by atoms with Crippen molar-refractivity contribution in [1.82, 2.24) is 0 Å². The van der Waals surface area contributed by atoms with Gasteiger partial charge in [-0.15, -0.1) is 0 Å². The van der Waals surface area contributed by atoms with Crippen LogP contribution in [0.15, 0.2) is 24.3 Å². The summed E-state index contributed by atoms with van der Waals surface area (Å²) in [7, 11) is 0. The number of fused-ring (bicyclic) bond motifs is 1. The largest absolute Gasteiger partial charge is 0.483 e. The molecule has 68 valence electrons. The fourth-order valence-corrected chi connectivity index (χ4v) is 2.08. The Morgan fingerprint density at radius 1 is 1.23 bits per heavy atom. The van der Waals surface area contributed by atoms with Gasteiger partial charge >= 0.3 is 0 Å². The first-order valence-corrected chi connectivity index (χ1v) is 4.90. The molecule has 1 fully saturated rings. The standard InChI is InChI=1S/C11H13NO/c1-2-5-10-9(4-1)12-8-11(13-10)6-3-7-11/h1-2,4-5,12H,3,6-8H2. The van der Waals surface area contributed by atoms with Crippen LogP contribution < -0.4 is 10.1 Å². The summed E-state index contributed by atoms with van der Waals surface area (Å²) in [5.41, 5.74) is 1.27. The summed E-state index contributed by atoms with van der Waals surface area (Å²) < 4.78 is 5.99. The van der Waals surface area contributed by atoms with E-state index in [1.54, 1.807) is 0 Å². The normalized spacial score (nSPS) is 22.5. The molecule has 2 nitrogen and oxygen atoms in total. The topological polar surface area (TPSA) is 21.3 Å². The molecule has 1 heterocycles. The lowest BCUT2D eigenvalue weighted by Crippen LogP contribution is -2.51. The third-order valence-corrected chi connectivity index (χ3v) is 3.08. The van der Waals surface area contributed by atoms with E-state index in [4.69, 9.17) is 4.74 Å². The fraction of sp³-hybridized carbons (Fsp3) is 0.455. The smallest absolute Gasteiger partial charge is 0.143 e. The SMILES string of the molecule is c1ccc2c(c1)NCC1(CCC1)O2. The Bertz CT molecular complexity index is 331. The first-order chi connectivity index (χ1) is 6.38. The van der Waals surface area contributed by atoms with Gasteiger partial charge in [-0.25, -0.2) is 0 Å². The van der Waals surface area contributed by atoms with Gasteiger partial charge in [0, 0.05) is 0 Å². The molecule has 13 heavy (non-hydrogen) atoms. The van der Waals surface area contributed by atoms with Crippen molar-refractivity contribution >= 4 is 5.69 Å². The van der Waals surface area contributed by atoms with E-state index in [9.17, 15) is 0 Å². The third-order valence-electron chi connectivity index (χ3n) is 3.08. The summed E-state index contributed by atoms with van der Waals surface area (Å²) >= 11 is 0. The first kappa shape index (κ1) is 7.25. The van der Waals surface area contributed by atoms with Gasteiger partial charge in [-0.05, 0) is 31.4 Å². The van der Waals surface area contributed by atoms with E-state index in [2.05, 4.69) is 11.4 Å². The van der Waals surface area contributed by atoms with E-state index in [1.807, 2.05) is 18.2 Å². The highest BCUT2D eigenvalue weighted by Gasteiger charge is 2.41. The first-order valence-electron chi connectivity index (χ1n) is 4.90. The number of hydrogen-bond donors (Lipinski definition) is 1. The molecule has 1 aromatic carbocycles. The quantitative estimate of drug-likeness (QED) is 0.653. The van der Waals surface area contributed by atoms with Crippen molar-refractivity contribution in [3.8, 4) is 5.75 Å². The number of nitrogens with one attached hydrogen (secondary N) is 1. The molecule has 1 N–H and O–H groups in total. The van der Waals surface area contributed by atoms with Crippen LogP contribution in [0.3, 0.4) is 0 Å². The van der Waals surface area contributed by atoms with Gasteiger partial charge in [-0.3, -0.25) is 0 Å². The van der Waals surface area contributed by atoms with Crippen LogP contribution >= 0.6 is 0 Å². The maximum absolute atomic E-state index is 5.99. The Morgan fingerprint density at radius 3 is 2.85 bits per heavy atom. The van der Waals surface area contributed by atoms with Gasteiger partial charge in [-0.2, -0.15) is 0 Å². The van der Waals surface area contributed by atoms with Crippen LogP contribution in [0.4, 0.5) is 5.69 Å². The molecule has 3 rings (SSSR count). The van der Waals surface area contributed by atoms with Crippen molar-refractivity contribution < 1.29 is 4.74 Å². The van der Waals surface area contributed by atoms with Crippen molar-refractivity contribution in [2.45, 2.75) is 24.9 Å². The summed E-state index contributed by atoms with van der Waals surface area (Å²) in [5.74, 6) is 1.02. The van der Waals surface area contributed by atoms with Crippen molar-refractivity contribution in [3.63, 3.8) is 0 Å². The number of hydrogen-bond acceptors (Lipinski definition) is 2. The van der Waals surface area contributed by atoms with Crippen LogP contribution in [-0.2, 0) is 0 Å². The average molecular weight is 175 g/mol. The lowest BCUT2D eigenvalue weighted by atomic mass is 9.79. The van der Waals surface area contributed by atoms with Crippen LogP contribution in [0.25, 0.3) is 0 Å². The van der Waals surface area contributed by atoms with E-state index in [1.165, 1.54) is 19.3 Å². The molecule has 0 saturated heterocycles. The predicted octanol–water partition coefficient (Wildman–Crippen LogP) is 2.41. The summed E-state index contributed by atoms with van der Waals surface area (Å²) in [5, 5.41) is 3.43. The minimum Gasteiger partial charge on any atom is -0.483 e. The van der Waals surface area contributed by atoms with Crippen molar-refractivity contribution in [2.24, 2.45) is 0 Å². The van der Waals surface area contributed by atoms with E-state index in [0.29, 0.717) is 0 Å². The van der Waals surface area contributed by atoms with Crippen molar-refractivity contribution in [2.75, 3.05) is 11.9 Å². The zero-order chi connectivity index (χ0) is 8.73. The second-order valence-electron chi connectivity index (χ2n) is 3.99. The molecule has 0 aromatic heterocycles. The third kappa shape index (κ3) is 1.01. The van der Waals surface area contributed by atoms with E-state index in [-0.39, 0.29) is 5.60 Å². The summed E-state index contributed by atoms with van der Waals surface area (Å²) in [6.45, 7) is 0.976. The monoisotopic (exact) mass is 175 g/mol. The lowest BCUT2D eigenvalue weighted by molar-refractivity contribution is 0.000206. The molecular weight excluding hydrogens is 162 g/mol. The van der Waals surface area contributed by atoms with E-state index in [0.717, 1.165) is 18.0 Å². The molecule has 1 spiro atoms. The van der Waals surface area contributed by atoms with Crippen molar-refractivity contribution in [3.05, 3.63) is 24.3 Å². The van der Waals surface area contributed by atoms with E-state index >= 15 is 0 Å². The Balaban J connectivity index is 1.94. The van der Waals surface area contributed by atoms with Gasteiger partial charge in [-0.1, -0.05) is 12.1 Å². The molecule has 0 radical (unpaired) electrons. The molecule has 2 heteroatoms. The molecule has 1 saturated carbocycles. The predicted molar refractivity (Wildman–Crippen MR) is 52.1 cm³/mol. The highest BCUT2D eigenvalue weighted by Crippen LogP contribution is 2.42. The number of benzene rings is 1.